The van der Waals surface area contributed by atoms with Gasteiger partial charge in [-0.15, -0.1) is 0 Å². The van der Waals surface area contributed by atoms with E-state index in [-0.39, 0.29) is 31.8 Å². The molecule has 0 spiro atoms. The maximum absolute atomic E-state index is 12.8. The summed E-state index contributed by atoms with van der Waals surface area (Å²) in [5.41, 5.74) is -0.248. The number of aliphatic carboxylic acids is 1. The van der Waals surface area contributed by atoms with Gasteiger partial charge in [-0.2, -0.15) is 4.31 Å². The van der Waals surface area contributed by atoms with Crippen LogP contribution in [-0.2, 0) is 19.6 Å². The van der Waals surface area contributed by atoms with Crippen molar-refractivity contribution in [2.45, 2.75) is 12.8 Å². The van der Waals surface area contributed by atoms with Crippen molar-refractivity contribution in [3.63, 3.8) is 0 Å². The second-order valence-corrected chi connectivity index (χ2v) is 9.22. The zero-order valence-electron chi connectivity index (χ0n) is 14.4. The quantitative estimate of drug-likeness (QED) is 0.806. The number of hydrogen-bond donors (Lipinski definition) is 1. The molecule has 2 fully saturated rings. The van der Waals surface area contributed by atoms with Gasteiger partial charge in [0.15, 0.2) is 0 Å². The van der Waals surface area contributed by atoms with Crippen LogP contribution in [0.3, 0.4) is 0 Å². The summed E-state index contributed by atoms with van der Waals surface area (Å²) in [5, 5.41) is 10.3. The second-order valence-electron chi connectivity index (χ2n) is 6.82. The maximum atomic E-state index is 12.8. The third-order valence-electron chi connectivity index (χ3n) is 5.19. The van der Waals surface area contributed by atoms with E-state index >= 15 is 0 Å². The number of sulfonamides is 1. The number of nitrogens with zero attached hydrogens (tertiary/aromatic N) is 2. The fourth-order valence-corrected chi connectivity index (χ4v) is 5.64. The van der Waals surface area contributed by atoms with Gasteiger partial charge < -0.3 is 14.7 Å². The highest BCUT2D eigenvalue weighted by atomic mass is 35.5. The first kappa shape index (κ1) is 19.4. The number of carbonyl (C=O) groups is 1. The summed E-state index contributed by atoms with van der Waals surface area (Å²) in [4.78, 5) is 13.8. The highest BCUT2D eigenvalue weighted by molar-refractivity contribution is 7.89. The lowest BCUT2D eigenvalue weighted by Crippen LogP contribution is -2.52. The molecule has 0 bridgehead atoms. The Labute approximate surface area is 158 Å². The molecule has 26 heavy (non-hydrogen) atoms. The molecule has 7 nitrogen and oxygen atoms in total. The Kier molecular flexibility index (Phi) is 5.76. The highest BCUT2D eigenvalue weighted by Gasteiger charge is 2.45. The molecule has 3 rings (SSSR count). The van der Waals surface area contributed by atoms with E-state index < -0.39 is 21.4 Å². The van der Waals surface area contributed by atoms with E-state index in [1.165, 1.54) is 4.31 Å². The Morgan fingerprint density at radius 3 is 2.23 bits per heavy atom. The van der Waals surface area contributed by atoms with Crippen LogP contribution in [0, 0.1) is 5.41 Å². The van der Waals surface area contributed by atoms with Gasteiger partial charge in [0.2, 0.25) is 10.0 Å². The number of carboxylic acid groups (broad SMARTS) is 1. The average Bonchev–Trinajstić information content (AvgIpc) is 2.63. The van der Waals surface area contributed by atoms with Crippen LogP contribution in [0.5, 0.6) is 0 Å². The summed E-state index contributed by atoms with van der Waals surface area (Å²) in [5.74, 6) is -1.41. The van der Waals surface area contributed by atoms with Gasteiger partial charge in [0.05, 0.1) is 11.2 Å². The molecule has 1 N–H and O–H groups in total. The van der Waals surface area contributed by atoms with Crippen LogP contribution in [0.2, 0.25) is 5.02 Å². The second kappa shape index (κ2) is 7.72. The van der Waals surface area contributed by atoms with Crippen molar-refractivity contribution in [3.8, 4) is 0 Å². The van der Waals surface area contributed by atoms with E-state index in [4.69, 9.17) is 16.3 Å². The highest BCUT2D eigenvalue weighted by Crippen LogP contribution is 2.33. The molecule has 1 aromatic rings. The first-order valence-electron chi connectivity index (χ1n) is 8.62. The predicted octanol–water partition coefficient (Wildman–Crippen LogP) is 1.67. The first-order valence-corrected chi connectivity index (χ1v) is 10.6. The smallest absolute Gasteiger partial charge is 0.310 e. The molecule has 9 heteroatoms. The Morgan fingerprint density at radius 2 is 1.69 bits per heavy atom. The molecule has 0 unspecified atom stereocenters. The van der Waals surface area contributed by atoms with E-state index in [1.54, 1.807) is 0 Å². The van der Waals surface area contributed by atoms with Gasteiger partial charge in [0.1, 0.15) is 0 Å². The minimum atomic E-state index is -3.65. The summed E-state index contributed by atoms with van der Waals surface area (Å²) < 4.78 is 32.3. The molecule has 2 saturated heterocycles. The third kappa shape index (κ3) is 4.14. The summed E-state index contributed by atoms with van der Waals surface area (Å²) in [6, 6.07) is 7.44. The lowest BCUT2D eigenvalue weighted by molar-refractivity contribution is -0.152. The molecule has 0 aliphatic carbocycles. The van der Waals surface area contributed by atoms with Crippen molar-refractivity contribution in [1.29, 1.82) is 0 Å². The van der Waals surface area contributed by atoms with E-state index in [2.05, 4.69) is 4.90 Å². The number of hydrogen-bond acceptors (Lipinski definition) is 5. The number of ether oxygens (including phenoxy) is 1. The molecular weight excluding hydrogens is 380 g/mol. The number of piperazine rings is 1. The predicted molar refractivity (Wildman–Crippen MR) is 99.1 cm³/mol. The molecule has 0 amide bonds. The first-order chi connectivity index (χ1) is 12.3. The number of halogens is 1. The van der Waals surface area contributed by atoms with E-state index in [0.29, 0.717) is 31.2 Å². The number of carboxylic acids is 1. The van der Waals surface area contributed by atoms with Crippen molar-refractivity contribution in [1.82, 2.24) is 4.31 Å². The Morgan fingerprint density at radius 1 is 1.12 bits per heavy atom. The molecule has 144 valence electrons. The number of anilines is 1. The standard InChI is InChI=1S/C17H23ClN2O5S/c18-14-1-3-15(4-2-14)19-7-9-20(10-8-19)26(23,24)13-17(16(21)22)5-11-25-12-6-17/h1-4H,5-13H2,(H,21,22). The largest absolute Gasteiger partial charge is 0.481 e. The summed E-state index contributed by atoms with van der Waals surface area (Å²) in [6.45, 7) is 2.38. The van der Waals surface area contributed by atoms with Gasteiger partial charge >= 0.3 is 5.97 Å². The van der Waals surface area contributed by atoms with Gasteiger partial charge in [-0.25, -0.2) is 8.42 Å². The van der Waals surface area contributed by atoms with Gasteiger partial charge in [0.25, 0.3) is 0 Å². The van der Waals surface area contributed by atoms with E-state index in [9.17, 15) is 18.3 Å². The van der Waals surface area contributed by atoms with Gasteiger partial charge in [0, 0.05) is 50.1 Å². The molecule has 0 atom stereocenters. The van der Waals surface area contributed by atoms with Gasteiger partial charge in [-0.3, -0.25) is 4.79 Å². The molecule has 2 aliphatic rings. The molecule has 0 radical (unpaired) electrons. The average molecular weight is 403 g/mol. The molecule has 0 saturated carbocycles. The molecule has 1 aromatic carbocycles. The summed E-state index contributed by atoms with van der Waals surface area (Å²) in [7, 11) is -3.65. The van der Waals surface area contributed by atoms with Crippen molar-refractivity contribution in [2.24, 2.45) is 5.41 Å². The van der Waals surface area contributed by atoms with Crippen LogP contribution >= 0.6 is 11.6 Å². The van der Waals surface area contributed by atoms with Crippen LogP contribution in [0.4, 0.5) is 5.69 Å². The molecular formula is C17H23ClN2O5S. The van der Waals surface area contributed by atoms with E-state index in [0.717, 1.165) is 5.69 Å². The van der Waals surface area contributed by atoms with E-state index in [1.807, 2.05) is 24.3 Å². The van der Waals surface area contributed by atoms with Crippen molar-refractivity contribution in [3.05, 3.63) is 29.3 Å². The van der Waals surface area contributed by atoms with Crippen molar-refractivity contribution >= 4 is 33.3 Å². The maximum Gasteiger partial charge on any atom is 0.310 e. The van der Waals surface area contributed by atoms with Crippen LogP contribution in [0.15, 0.2) is 24.3 Å². The Hall–Kier alpha value is -1.35. The van der Waals surface area contributed by atoms with Crippen molar-refractivity contribution < 1.29 is 23.1 Å². The summed E-state index contributed by atoms with van der Waals surface area (Å²) in [6.07, 6.45) is 0.457. The minimum absolute atomic E-state index is 0.228. The van der Waals surface area contributed by atoms with Crippen LogP contribution < -0.4 is 4.90 Å². The monoisotopic (exact) mass is 402 g/mol. The lowest BCUT2D eigenvalue weighted by atomic mass is 9.82. The minimum Gasteiger partial charge on any atom is -0.481 e. The normalized spacial score (nSPS) is 21.5. The Bertz CT molecular complexity index is 739. The number of rotatable bonds is 5. The van der Waals surface area contributed by atoms with Crippen molar-refractivity contribution in [2.75, 3.05) is 50.0 Å². The molecule has 2 heterocycles. The Balaban J connectivity index is 1.65. The zero-order valence-corrected chi connectivity index (χ0v) is 16.0. The van der Waals surface area contributed by atoms with Crippen LogP contribution in [0.1, 0.15) is 12.8 Å². The third-order valence-corrected chi connectivity index (χ3v) is 7.51. The zero-order chi connectivity index (χ0) is 18.8. The topological polar surface area (TPSA) is 87.1 Å². The lowest BCUT2D eigenvalue weighted by Gasteiger charge is -2.38. The van der Waals surface area contributed by atoms with Crippen LogP contribution in [-0.4, -0.2) is 68.9 Å². The number of benzene rings is 1. The molecule has 2 aliphatic heterocycles. The van der Waals surface area contributed by atoms with Gasteiger partial charge in [-0.05, 0) is 37.1 Å². The fourth-order valence-electron chi connectivity index (χ4n) is 3.50. The fraction of sp³-hybridized carbons (Fsp3) is 0.588. The summed E-state index contributed by atoms with van der Waals surface area (Å²) >= 11 is 5.90. The van der Waals surface area contributed by atoms with Crippen LogP contribution in [0.25, 0.3) is 0 Å². The van der Waals surface area contributed by atoms with Gasteiger partial charge in [-0.1, -0.05) is 11.6 Å². The SMILES string of the molecule is O=C(O)C1(CS(=O)(=O)N2CCN(c3ccc(Cl)cc3)CC2)CCOCC1. The molecule has 0 aromatic heterocycles.